The number of benzene rings is 1. The van der Waals surface area contributed by atoms with Crippen LogP contribution in [0.3, 0.4) is 0 Å². The second kappa shape index (κ2) is 6.02. The van der Waals surface area contributed by atoms with Gasteiger partial charge in [-0.1, -0.05) is 6.92 Å². The van der Waals surface area contributed by atoms with Crippen LogP contribution in [0, 0.1) is 0 Å². The quantitative estimate of drug-likeness (QED) is 0.842. The molecular weight excluding hydrogens is 302 g/mol. The van der Waals surface area contributed by atoms with E-state index in [0.29, 0.717) is 18.9 Å². The predicted molar refractivity (Wildman–Crippen MR) is 80.7 cm³/mol. The van der Waals surface area contributed by atoms with Crippen molar-refractivity contribution in [2.24, 2.45) is 0 Å². The van der Waals surface area contributed by atoms with Crippen molar-refractivity contribution in [1.29, 1.82) is 0 Å². The van der Waals surface area contributed by atoms with Gasteiger partial charge in [0, 0.05) is 18.3 Å². The number of fused-ring (bicyclic) bond motifs is 1. The predicted octanol–water partition coefficient (Wildman–Crippen LogP) is 1.97. The molecule has 3 rings (SSSR count). The third-order valence-electron chi connectivity index (χ3n) is 3.49. The molecule has 0 fully saturated rings. The number of aromatic nitrogens is 2. The summed E-state index contributed by atoms with van der Waals surface area (Å²) >= 11 is 0. The average molecular weight is 319 g/mol. The third kappa shape index (κ3) is 2.82. The molecule has 0 atom stereocenters. The molecular formula is C15H17N3O3S. The highest BCUT2D eigenvalue weighted by Gasteiger charge is 2.31. The Bertz CT molecular complexity index is 735. The minimum Gasteiger partial charge on any atom is -0.494 e. The number of nitrogens with zero attached hydrogens (tertiary/aromatic N) is 3. The molecule has 0 radical (unpaired) electrons. The molecule has 7 heteroatoms. The van der Waals surface area contributed by atoms with Crippen molar-refractivity contribution in [3.63, 3.8) is 0 Å². The van der Waals surface area contributed by atoms with Gasteiger partial charge in [-0.2, -0.15) is 4.31 Å². The lowest BCUT2D eigenvalue weighted by molar-refractivity contribution is 0.317. The Morgan fingerprint density at radius 3 is 2.68 bits per heavy atom. The Balaban J connectivity index is 1.79. The van der Waals surface area contributed by atoms with Gasteiger partial charge in [0.15, 0.2) is 0 Å². The molecule has 6 nitrogen and oxygen atoms in total. The van der Waals surface area contributed by atoms with E-state index >= 15 is 0 Å². The SMILES string of the molecule is CCCOc1ccc(S(=O)(=O)N2Cc3cncnc3C2)cc1. The first-order valence-corrected chi connectivity index (χ1v) is 8.56. The fourth-order valence-corrected chi connectivity index (χ4v) is 3.70. The number of sulfonamides is 1. The first-order chi connectivity index (χ1) is 10.6. The molecule has 0 spiro atoms. The Morgan fingerprint density at radius 1 is 1.23 bits per heavy atom. The van der Waals surface area contributed by atoms with Crippen LogP contribution in [0.5, 0.6) is 5.75 Å². The Hall–Kier alpha value is -1.99. The van der Waals surface area contributed by atoms with Crippen molar-refractivity contribution >= 4 is 10.0 Å². The van der Waals surface area contributed by atoms with E-state index in [1.165, 1.54) is 10.6 Å². The van der Waals surface area contributed by atoms with E-state index in [1.807, 2.05) is 6.92 Å². The van der Waals surface area contributed by atoms with Gasteiger partial charge < -0.3 is 4.74 Å². The smallest absolute Gasteiger partial charge is 0.243 e. The highest BCUT2D eigenvalue weighted by atomic mass is 32.2. The zero-order chi connectivity index (χ0) is 15.6. The molecule has 2 aromatic rings. The molecule has 0 N–H and O–H groups in total. The zero-order valence-corrected chi connectivity index (χ0v) is 13.1. The van der Waals surface area contributed by atoms with Crippen molar-refractivity contribution in [1.82, 2.24) is 14.3 Å². The summed E-state index contributed by atoms with van der Waals surface area (Å²) in [7, 11) is -3.53. The van der Waals surface area contributed by atoms with Crippen LogP contribution in [-0.4, -0.2) is 29.3 Å². The highest BCUT2D eigenvalue weighted by molar-refractivity contribution is 7.89. The standard InChI is InChI=1S/C15H17N3O3S/c1-2-7-21-13-3-5-14(6-4-13)22(19,20)18-9-12-8-16-11-17-15(12)10-18/h3-6,8,11H,2,7,9-10H2,1H3. The lowest BCUT2D eigenvalue weighted by Gasteiger charge is -2.15. The molecule has 0 saturated carbocycles. The van der Waals surface area contributed by atoms with Gasteiger partial charge in [0.1, 0.15) is 12.1 Å². The minimum atomic E-state index is -3.53. The van der Waals surface area contributed by atoms with E-state index in [2.05, 4.69) is 9.97 Å². The van der Waals surface area contributed by atoms with Gasteiger partial charge in [-0.05, 0) is 30.7 Å². The summed E-state index contributed by atoms with van der Waals surface area (Å²) in [6, 6.07) is 6.53. The van der Waals surface area contributed by atoms with Crippen LogP contribution in [0.15, 0.2) is 41.7 Å². The maximum absolute atomic E-state index is 12.7. The number of ether oxygens (including phenoxy) is 1. The molecule has 1 aromatic heterocycles. The van der Waals surface area contributed by atoms with E-state index in [-0.39, 0.29) is 11.4 Å². The Kier molecular flexibility index (Phi) is 4.08. The fourth-order valence-electron chi connectivity index (χ4n) is 2.32. The lowest BCUT2D eigenvalue weighted by Crippen LogP contribution is -2.25. The molecule has 0 aliphatic carbocycles. The Morgan fingerprint density at radius 2 is 2.00 bits per heavy atom. The molecule has 116 valence electrons. The van der Waals surface area contributed by atoms with Crippen molar-refractivity contribution in [3.05, 3.63) is 48.0 Å². The lowest BCUT2D eigenvalue weighted by atomic mass is 10.3. The van der Waals surface area contributed by atoms with Gasteiger partial charge in [-0.25, -0.2) is 18.4 Å². The molecule has 22 heavy (non-hydrogen) atoms. The van der Waals surface area contributed by atoms with Gasteiger partial charge in [-0.3, -0.25) is 0 Å². The van der Waals surface area contributed by atoms with Gasteiger partial charge >= 0.3 is 0 Å². The van der Waals surface area contributed by atoms with Crippen molar-refractivity contribution in [2.45, 2.75) is 31.3 Å². The monoisotopic (exact) mass is 319 g/mol. The average Bonchev–Trinajstić information content (AvgIpc) is 2.98. The normalized spacial score (nSPS) is 14.8. The second-order valence-corrected chi connectivity index (χ2v) is 7.03. The summed E-state index contributed by atoms with van der Waals surface area (Å²) in [5.41, 5.74) is 1.62. The van der Waals surface area contributed by atoms with Crippen LogP contribution in [0.25, 0.3) is 0 Å². The van der Waals surface area contributed by atoms with Crippen molar-refractivity contribution < 1.29 is 13.2 Å². The van der Waals surface area contributed by atoms with E-state index in [0.717, 1.165) is 17.7 Å². The topological polar surface area (TPSA) is 72.4 Å². The van der Waals surface area contributed by atoms with Gasteiger partial charge in [0.05, 0.1) is 23.7 Å². The summed E-state index contributed by atoms with van der Waals surface area (Å²) in [5.74, 6) is 0.677. The summed E-state index contributed by atoms with van der Waals surface area (Å²) in [4.78, 5) is 8.33. The van der Waals surface area contributed by atoms with Crippen LogP contribution >= 0.6 is 0 Å². The van der Waals surface area contributed by atoms with E-state index in [9.17, 15) is 8.42 Å². The molecule has 1 aliphatic heterocycles. The van der Waals surface area contributed by atoms with Crippen molar-refractivity contribution in [2.75, 3.05) is 6.61 Å². The van der Waals surface area contributed by atoms with Crippen LogP contribution in [-0.2, 0) is 23.1 Å². The summed E-state index contributed by atoms with van der Waals surface area (Å²) in [6.07, 6.45) is 4.02. The fraction of sp³-hybridized carbons (Fsp3) is 0.333. The zero-order valence-electron chi connectivity index (χ0n) is 12.3. The van der Waals surface area contributed by atoms with E-state index < -0.39 is 10.0 Å². The Labute approximate surface area is 129 Å². The first kappa shape index (κ1) is 14.9. The highest BCUT2D eigenvalue weighted by Crippen LogP contribution is 2.27. The van der Waals surface area contributed by atoms with Gasteiger partial charge in [-0.15, -0.1) is 0 Å². The molecule has 1 aliphatic rings. The molecule has 1 aromatic carbocycles. The van der Waals surface area contributed by atoms with E-state index in [4.69, 9.17) is 4.74 Å². The molecule has 0 unspecified atom stereocenters. The largest absolute Gasteiger partial charge is 0.494 e. The van der Waals surface area contributed by atoms with Crippen LogP contribution < -0.4 is 4.74 Å². The minimum absolute atomic E-state index is 0.261. The number of hydrogen-bond donors (Lipinski definition) is 0. The summed E-state index contributed by atoms with van der Waals surface area (Å²) < 4.78 is 32.2. The van der Waals surface area contributed by atoms with Crippen molar-refractivity contribution in [3.8, 4) is 5.75 Å². The van der Waals surface area contributed by atoms with E-state index in [1.54, 1.807) is 30.5 Å². The second-order valence-electron chi connectivity index (χ2n) is 5.09. The summed E-state index contributed by atoms with van der Waals surface area (Å²) in [5, 5.41) is 0. The van der Waals surface area contributed by atoms with Gasteiger partial charge in [0.25, 0.3) is 0 Å². The third-order valence-corrected chi connectivity index (χ3v) is 5.29. The van der Waals surface area contributed by atoms with Crippen LogP contribution in [0.4, 0.5) is 0 Å². The first-order valence-electron chi connectivity index (χ1n) is 7.12. The van der Waals surface area contributed by atoms with Gasteiger partial charge in [0.2, 0.25) is 10.0 Å². The molecule has 0 bridgehead atoms. The van der Waals surface area contributed by atoms with Crippen LogP contribution in [0.1, 0.15) is 24.6 Å². The molecule has 2 heterocycles. The summed E-state index contributed by atoms with van der Waals surface area (Å²) in [6.45, 7) is 3.24. The number of rotatable bonds is 5. The molecule has 0 saturated heterocycles. The maximum atomic E-state index is 12.7. The maximum Gasteiger partial charge on any atom is 0.243 e. The van der Waals surface area contributed by atoms with Crippen LogP contribution in [0.2, 0.25) is 0 Å². The molecule has 0 amide bonds. The number of hydrogen-bond acceptors (Lipinski definition) is 5.